The summed E-state index contributed by atoms with van der Waals surface area (Å²) in [5.74, 6) is 0.711. The van der Waals surface area contributed by atoms with Gasteiger partial charge in [-0.15, -0.1) is 0 Å². The van der Waals surface area contributed by atoms with Crippen LogP contribution < -0.4 is 5.73 Å². The number of benzene rings is 1. The van der Waals surface area contributed by atoms with Gasteiger partial charge < -0.3 is 10.6 Å². The van der Waals surface area contributed by atoms with Gasteiger partial charge >= 0.3 is 0 Å². The lowest BCUT2D eigenvalue weighted by Gasteiger charge is -2.31. The second-order valence-corrected chi connectivity index (χ2v) is 5.80. The van der Waals surface area contributed by atoms with Crippen LogP contribution in [0.15, 0.2) is 18.2 Å². The number of piperidine rings is 1. The van der Waals surface area contributed by atoms with Crippen molar-refractivity contribution in [3.8, 4) is 0 Å². The van der Waals surface area contributed by atoms with Crippen LogP contribution in [0.5, 0.6) is 0 Å². The third-order valence-corrected chi connectivity index (χ3v) is 4.38. The standard InChI is InChI=1S/C14H18Cl2N2O/c15-12-2-1-11(7-13(12)16)8-14(19)18-5-3-10(9-17)4-6-18/h1-2,7,10H,3-6,8-9,17H2. The maximum atomic E-state index is 12.2. The van der Waals surface area contributed by atoms with Crippen molar-refractivity contribution < 1.29 is 4.79 Å². The van der Waals surface area contributed by atoms with E-state index in [1.165, 1.54) is 0 Å². The molecule has 19 heavy (non-hydrogen) atoms. The summed E-state index contributed by atoms with van der Waals surface area (Å²) in [6, 6.07) is 5.33. The third-order valence-electron chi connectivity index (χ3n) is 3.64. The maximum absolute atomic E-state index is 12.2. The van der Waals surface area contributed by atoms with E-state index in [9.17, 15) is 4.79 Å². The Morgan fingerprint density at radius 2 is 1.95 bits per heavy atom. The van der Waals surface area contributed by atoms with Crippen LogP contribution in [0.1, 0.15) is 18.4 Å². The van der Waals surface area contributed by atoms with E-state index in [4.69, 9.17) is 28.9 Å². The molecule has 0 spiro atoms. The lowest BCUT2D eigenvalue weighted by atomic mass is 9.96. The number of rotatable bonds is 3. The van der Waals surface area contributed by atoms with Gasteiger partial charge in [0.25, 0.3) is 0 Å². The Balaban J connectivity index is 1.92. The monoisotopic (exact) mass is 300 g/mol. The summed E-state index contributed by atoms with van der Waals surface area (Å²) in [5, 5.41) is 1.01. The van der Waals surface area contributed by atoms with Crippen LogP contribution in [0.3, 0.4) is 0 Å². The highest BCUT2D eigenvalue weighted by Crippen LogP contribution is 2.23. The predicted octanol–water partition coefficient (Wildman–Crippen LogP) is 2.73. The molecule has 2 N–H and O–H groups in total. The average Bonchev–Trinajstić information content (AvgIpc) is 2.43. The van der Waals surface area contributed by atoms with E-state index < -0.39 is 0 Å². The van der Waals surface area contributed by atoms with Gasteiger partial charge in [0.05, 0.1) is 16.5 Å². The van der Waals surface area contributed by atoms with E-state index in [1.807, 2.05) is 11.0 Å². The highest BCUT2D eigenvalue weighted by Gasteiger charge is 2.21. The second-order valence-electron chi connectivity index (χ2n) is 4.99. The van der Waals surface area contributed by atoms with E-state index in [0.29, 0.717) is 22.4 Å². The van der Waals surface area contributed by atoms with Crippen molar-refractivity contribution >= 4 is 29.1 Å². The fourth-order valence-electron chi connectivity index (χ4n) is 2.35. The molecule has 1 saturated heterocycles. The lowest BCUT2D eigenvalue weighted by Crippen LogP contribution is -2.40. The largest absolute Gasteiger partial charge is 0.342 e. The number of amides is 1. The summed E-state index contributed by atoms with van der Waals surface area (Å²) in [7, 11) is 0. The van der Waals surface area contributed by atoms with Crippen LogP contribution in [-0.4, -0.2) is 30.4 Å². The number of hydrogen-bond donors (Lipinski definition) is 1. The molecule has 0 aliphatic carbocycles. The molecule has 1 aromatic carbocycles. The van der Waals surface area contributed by atoms with Gasteiger partial charge in [0.15, 0.2) is 0 Å². The Bertz CT molecular complexity index is 457. The zero-order valence-electron chi connectivity index (χ0n) is 10.7. The molecule has 0 bridgehead atoms. The van der Waals surface area contributed by atoms with E-state index in [0.717, 1.165) is 38.0 Å². The molecule has 0 atom stereocenters. The van der Waals surface area contributed by atoms with E-state index in [-0.39, 0.29) is 5.91 Å². The summed E-state index contributed by atoms with van der Waals surface area (Å²) in [4.78, 5) is 14.1. The summed E-state index contributed by atoms with van der Waals surface area (Å²) in [6.07, 6.45) is 2.39. The first-order valence-electron chi connectivity index (χ1n) is 6.52. The van der Waals surface area contributed by atoms with Crippen molar-refractivity contribution in [2.24, 2.45) is 11.7 Å². The molecule has 104 valence electrons. The molecule has 1 amide bonds. The average molecular weight is 301 g/mol. The van der Waals surface area contributed by atoms with E-state index in [1.54, 1.807) is 12.1 Å². The van der Waals surface area contributed by atoms with Crippen LogP contribution in [0.4, 0.5) is 0 Å². The van der Waals surface area contributed by atoms with Crippen LogP contribution in [0.25, 0.3) is 0 Å². The topological polar surface area (TPSA) is 46.3 Å². The van der Waals surface area contributed by atoms with Crippen molar-refractivity contribution in [1.29, 1.82) is 0 Å². The van der Waals surface area contributed by atoms with E-state index in [2.05, 4.69) is 0 Å². The van der Waals surface area contributed by atoms with Crippen LogP contribution in [0.2, 0.25) is 10.0 Å². The van der Waals surface area contributed by atoms with Crippen molar-refractivity contribution in [3.63, 3.8) is 0 Å². The van der Waals surface area contributed by atoms with Crippen LogP contribution in [0, 0.1) is 5.92 Å². The maximum Gasteiger partial charge on any atom is 0.226 e. The summed E-state index contributed by atoms with van der Waals surface area (Å²) < 4.78 is 0. The summed E-state index contributed by atoms with van der Waals surface area (Å²) >= 11 is 11.8. The molecule has 0 aromatic heterocycles. The van der Waals surface area contributed by atoms with Gasteiger partial charge in [0.2, 0.25) is 5.91 Å². The number of nitrogens with two attached hydrogens (primary N) is 1. The number of carbonyl (C=O) groups excluding carboxylic acids is 1. The predicted molar refractivity (Wildman–Crippen MR) is 78.5 cm³/mol. The molecule has 1 aliphatic rings. The molecule has 1 aliphatic heterocycles. The fraction of sp³-hybridized carbons (Fsp3) is 0.500. The van der Waals surface area contributed by atoms with Gasteiger partial charge in [-0.25, -0.2) is 0 Å². The first-order valence-corrected chi connectivity index (χ1v) is 7.27. The minimum atomic E-state index is 0.147. The lowest BCUT2D eigenvalue weighted by molar-refractivity contribution is -0.131. The molecule has 0 radical (unpaired) electrons. The zero-order chi connectivity index (χ0) is 13.8. The number of hydrogen-bond acceptors (Lipinski definition) is 2. The first-order chi connectivity index (χ1) is 9.10. The van der Waals surface area contributed by atoms with Crippen molar-refractivity contribution in [1.82, 2.24) is 4.90 Å². The molecular formula is C14H18Cl2N2O. The van der Waals surface area contributed by atoms with E-state index >= 15 is 0 Å². The molecule has 0 saturated carbocycles. The molecule has 1 heterocycles. The third kappa shape index (κ3) is 3.85. The minimum absolute atomic E-state index is 0.147. The van der Waals surface area contributed by atoms with Gasteiger partial charge in [-0.3, -0.25) is 4.79 Å². The number of carbonyl (C=O) groups is 1. The number of nitrogens with zero attached hydrogens (tertiary/aromatic N) is 1. The normalized spacial score (nSPS) is 16.7. The number of likely N-dealkylation sites (tertiary alicyclic amines) is 1. The first kappa shape index (κ1) is 14.6. The zero-order valence-corrected chi connectivity index (χ0v) is 12.3. The van der Waals surface area contributed by atoms with Crippen LogP contribution in [-0.2, 0) is 11.2 Å². The molecule has 2 rings (SSSR count). The van der Waals surface area contributed by atoms with Crippen molar-refractivity contribution in [3.05, 3.63) is 33.8 Å². The van der Waals surface area contributed by atoms with Crippen molar-refractivity contribution in [2.75, 3.05) is 19.6 Å². The summed E-state index contributed by atoms with van der Waals surface area (Å²) in [5.41, 5.74) is 6.55. The fourth-order valence-corrected chi connectivity index (χ4v) is 2.67. The molecule has 1 fully saturated rings. The smallest absolute Gasteiger partial charge is 0.226 e. The Morgan fingerprint density at radius 3 is 2.53 bits per heavy atom. The Kier molecular flexibility index (Phi) is 5.08. The number of halogens is 2. The van der Waals surface area contributed by atoms with Gasteiger partial charge in [-0.1, -0.05) is 29.3 Å². The minimum Gasteiger partial charge on any atom is -0.342 e. The van der Waals surface area contributed by atoms with Gasteiger partial charge in [0.1, 0.15) is 0 Å². The molecule has 0 unspecified atom stereocenters. The van der Waals surface area contributed by atoms with Gasteiger partial charge in [-0.05, 0) is 43.0 Å². The van der Waals surface area contributed by atoms with Crippen LogP contribution >= 0.6 is 23.2 Å². The second kappa shape index (κ2) is 6.60. The summed E-state index contributed by atoms with van der Waals surface area (Å²) in [6.45, 7) is 2.33. The SMILES string of the molecule is NCC1CCN(C(=O)Cc2ccc(Cl)c(Cl)c2)CC1. The Hall–Kier alpha value is -0.770. The van der Waals surface area contributed by atoms with Gasteiger partial charge in [-0.2, -0.15) is 0 Å². The Labute approximate surface area is 123 Å². The highest BCUT2D eigenvalue weighted by atomic mass is 35.5. The molecule has 5 heteroatoms. The highest BCUT2D eigenvalue weighted by molar-refractivity contribution is 6.42. The molecule has 3 nitrogen and oxygen atoms in total. The quantitative estimate of drug-likeness (QED) is 0.933. The Morgan fingerprint density at radius 1 is 1.26 bits per heavy atom. The van der Waals surface area contributed by atoms with Gasteiger partial charge in [0, 0.05) is 13.1 Å². The molecular weight excluding hydrogens is 283 g/mol. The van der Waals surface area contributed by atoms with Crippen molar-refractivity contribution in [2.45, 2.75) is 19.3 Å². The molecule has 1 aromatic rings.